The SMILES string of the molecule is COc1cccc(-c2nc(CN(C)CCOc3ccccc3C)cs2)c1OC. The van der Waals surface area contributed by atoms with Crippen molar-refractivity contribution < 1.29 is 14.2 Å². The van der Waals surface area contributed by atoms with Gasteiger partial charge in [-0.1, -0.05) is 24.3 Å². The minimum absolute atomic E-state index is 0.641. The molecule has 0 saturated carbocycles. The van der Waals surface area contributed by atoms with Crippen molar-refractivity contribution in [1.29, 1.82) is 0 Å². The highest BCUT2D eigenvalue weighted by Crippen LogP contribution is 2.39. The van der Waals surface area contributed by atoms with Gasteiger partial charge in [0, 0.05) is 18.5 Å². The highest BCUT2D eigenvalue weighted by Gasteiger charge is 2.15. The lowest BCUT2D eigenvalue weighted by molar-refractivity contribution is 0.231. The number of hydrogen-bond donors (Lipinski definition) is 0. The van der Waals surface area contributed by atoms with Crippen LogP contribution in [0.2, 0.25) is 0 Å². The fourth-order valence-electron chi connectivity index (χ4n) is 2.94. The summed E-state index contributed by atoms with van der Waals surface area (Å²) in [5.41, 5.74) is 3.13. The van der Waals surface area contributed by atoms with Crippen molar-refractivity contribution in [1.82, 2.24) is 9.88 Å². The molecule has 6 heteroatoms. The lowest BCUT2D eigenvalue weighted by Crippen LogP contribution is -2.24. The van der Waals surface area contributed by atoms with E-state index in [-0.39, 0.29) is 0 Å². The van der Waals surface area contributed by atoms with Crippen molar-refractivity contribution in [3.8, 4) is 27.8 Å². The standard InChI is InChI=1S/C22H26N2O3S/c1-16-8-5-6-10-19(16)27-13-12-24(2)14-17-15-28-22(23-17)18-9-7-11-20(25-3)21(18)26-4/h5-11,15H,12-14H2,1-4H3. The van der Waals surface area contributed by atoms with Crippen molar-refractivity contribution in [2.45, 2.75) is 13.5 Å². The van der Waals surface area contributed by atoms with Crippen molar-refractivity contribution in [2.24, 2.45) is 0 Å². The molecule has 3 aromatic rings. The Balaban J connectivity index is 1.59. The Bertz CT molecular complexity index is 910. The molecular weight excluding hydrogens is 372 g/mol. The molecule has 0 unspecified atom stereocenters. The van der Waals surface area contributed by atoms with Crippen LogP contribution >= 0.6 is 11.3 Å². The average Bonchev–Trinajstić information content (AvgIpc) is 3.16. The highest BCUT2D eigenvalue weighted by molar-refractivity contribution is 7.13. The maximum Gasteiger partial charge on any atom is 0.170 e. The van der Waals surface area contributed by atoms with Gasteiger partial charge in [-0.25, -0.2) is 4.98 Å². The minimum atomic E-state index is 0.641. The molecule has 1 aromatic heterocycles. The Kier molecular flexibility index (Phi) is 6.90. The third kappa shape index (κ3) is 4.82. The van der Waals surface area contributed by atoms with E-state index in [1.807, 2.05) is 36.4 Å². The quantitative estimate of drug-likeness (QED) is 0.525. The van der Waals surface area contributed by atoms with E-state index in [0.717, 1.165) is 40.7 Å². The molecule has 0 bridgehead atoms. The van der Waals surface area contributed by atoms with E-state index in [0.29, 0.717) is 18.1 Å². The number of methoxy groups -OCH3 is 2. The zero-order valence-corrected chi connectivity index (χ0v) is 17.6. The summed E-state index contributed by atoms with van der Waals surface area (Å²) >= 11 is 1.61. The van der Waals surface area contributed by atoms with E-state index in [4.69, 9.17) is 19.2 Å². The summed E-state index contributed by atoms with van der Waals surface area (Å²) in [5, 5.41) is 3.02. The van der Waals surface area contributed by atoms with Crippen molar-refractivity contribution >= 4 is 11.3 Å². The number of ether oxygens (including phenoxy) is 3. The summed E-state index contributed by atoms with van der Waals surface area (Å²) in [6, 6.07) is 13.9. The largest absolute Gasteiger partial charge is 0.493 e. The molecule has 0 atom stereocenters. The van der Waals surface area contributed by atoms with Crippen molar-refractivity contribution in [2.75, 3.05) is 34.4 Å². The molecule has 0 aliphatic carbocycles. The molecule has 2 aromatic carbocycles. The van der Waals surface area contributed by atoms with Crippen LogP contribution in [0.4, 0.5) is 0 Å². The molecule has 28 heavy (non-hydrogen) atoms. The zero-order valence-electron chi connectivity index (χ0n) is 16.8. The van der Waals surface area contributed by atoms with Crippen LogP contribution in [-0.2, 0) is 6.54 Å². The summed E-state index contributed by atoms with van der Waals surface area (Å²) in [6.07, 6.45) is 0. The molecule has 0 aliphatic rings. The first-order valence-electron chi connectivity index (χ1n) is 9.15. The molecular formula is C22H26N2O3S. The summed E-state index contributed by atoms with van der Waals surface area (Å²) < 4.78 is 16.8. The van der Waals surface area contributed by atoms with Gasteiger partial charge in [0.15, 0.2) is 11.5 Å². The van der Waals surface area contributed by atoms with Gasteiger partial charge in [0.25, 0.3) is 0 Å². The van der Waals surface area contributed by atoms with Crippen LogP contribution in [0, 0.1) is 6.92 Å². The van der Waals surface area contributed by atoms with Crippen LogP contribution in [0.1, 0.15) is 11.3 Å². The summed E-state index contributed by atoms with van der Waals surface area (Å²) in [7, 11) is 5.37. The van der Waals surface area contributed by atoms with Gasteiger partial charge in [-0.2, -0.15) is 0 Å². The second kappa shape index (κ2) is 9.57. The Morgan fingerprint density at radius 2 is 1.79 bits per heavy atom. The van der Waals surface area contributed by atoms with Gasteiger partial charge >= 0.3 is 0 Å². The van der Waals surface area contributed by atoms with Gasteiger partial charge in [-0.05, 0) is 37.7 Å². The molecule has 3 rings (SSSR count). The number of likely N-dealkylation sites (N-methyl/N-ethyl adjacent to an activating group) is 1. The van der Waals surface area contributed by atoms with Gasteiger partial charge in [-0.15, -0.1) is 11.3 Å². The smallest absolute Gasteiger partial charge is 0.170 e. The maximum atomic E-state index is 5.89. The van der Waals surface area contributed by atoms with Crippen LogP contribution < -0.4 is 14.2 Å². The number of hydrogen-bond acceptors (Lipinski definition) is 6. The van der Waals surface area contributed by atoms with Gasteiger partial charge in [0.05, 0.1) is 25.5 Å². The Hall–Kier alpha value is -2.57. The number of aromatic nitrogens is 1. The van der Waals surface area contributed by atoms with Gasteiger partial charge in [0.2, 0.25) is 0 Å². The average molecular weight is 399 g/mol. The second-order valence-corrected chi connectivity index (χ2v) is 7.39. The monoisotopic (exact) mass is 398 g/mol. The Labute approximate surface area is 170 Å². The molecule has 0 aliphatic heterocycles. The van der Waals surface area contributed by atoms with Crippen molar-refractivity contribution in [3.63, 3.8) is 0 Å². The summed E-state index contributed by atoms with van der Waals surface area (Å²) in [5.74, 6) is 2.37. The van der Waals surface area contributed by atoms with E-state index < -0.39 is 0 Å². The molecule has 1 heterocycles. The van der Waals surface area contributed by atoms with E-state index >= 15 is 0 Å². The number of para-hydroxylation sites is 2. The van der Waals surface area contributed by atoms with Gasteiger partial charge in [0.1, 0.15) is 17.4 Å². The van der Waals surface area contributed by atoms with E-state index in [1.54, 1.807) is 25.6 Å². The summed E-state index contributed by atoms with van der Waals surface area (Å²) in [4.78, 5) is 6.99. The minimum Gasteiger partial charge on any atom is -0.493 e. The van der Waals surface area contributed by atoms with Crippen LogP contribution in [0.5, 0.6) is 17.2 Å². The Morgan fingerprint density at radius 3 is 2.54 bits per heavy atom. The third-order valence-corrected chi connectivity index (χ3v) is 5.37. The normalized spacial score (nSPS) is 10.9. The topological polar surface area (TPSA) is 43.8 Å². The van der Waals surface area contributed by atoms with Crippen LogP contribution in [0.25, 0.3) is 10.6 Å². The summed E-state index contributed by atoms with van der Waals surface area (Å²) in [6.45, 7) is 4.29. The molecule has 5 nitrogen and oxygen atoms in total. The number of nitrogens with zero attached hydrogens (tertiary/aromatic N) is 2. The molecule has 0 amide bonds. The van der Waals surface area contributed by atoms with E-state index in [9.17, 15) is 0 Å². The first-order chi connectivity index (χ1) is 13.6. The van der Waals surface area contributed by atoms with Gasteiger partial charge in [-0.3, -0.25) is 4.90 Å². The number of aryl methyl sites for hydroxylation is 1. The first-order valence-corrected chi connectivity index (χ1v) is 10.0. The predicted octanol–water partition coefficient (Wildman–Crippen LogP) is 4.65. The first kappa shape index (κ1) is 20.2. The molecule has 0 spiro atoms. The van der Waals surface area contributed by atoms with Gasteiger partial charge < -0.3 is 14.2 Å². The molecule has 0 fully saturated rings. The lowest BCUT2D eigenvalue weighted by atomic mass is 10.2. The fourth-order valence-corrected chi connectivity index (χ4v) is 3.78. The molecule has 148 valence electrons. The van der Waals surface area contributed by atoms with Crippen LogP contribution in [0.15, 0.2) is 47.8 Å². The number of rotatable bonds is 9. The molecule has 0 saturated heterocycles. The van der Waals surface area contributed by atoms with Crippen molar-refractivity contribution in [3.05, 3.63) is 59.1 Å². The third-order valence-electron chi connectivity index (χ3n) is 4.44. The maximum absolute atomic E-state index is 5.89. The molecule has 0 N–H and O–H groups in total. The number of benzene rings is 2. The van der Waals surface area contributed by atoms with E-state index in [1.165, 1.54) is 0 Å². The Morgan fingerprint density at radius 1 is 1.00 bits per heavy atom. The van der Waals surface area contributed by atoms with E-state index in [2.05, 4.69) is 30.3 Å². The van der Waals surface area contributed by atoms with Crippen LogP contribution in [-0.4, -0.2) is 44.3 Å². The fraction of sp³-hybridized carbons (Fsp3) is 0.318. The number of thiazole rings is 1. The second-order valence-electron chi connectivity index (χ2n) is 6.54. The molecule has 0 radical (unpaired) electrons. The zero-order chi connectivity index (χ0) is 19.9. The highest BCUT2D eigenvalue weighted by atomic mass is 32.1. The predicted molar refractivity (Wildman–Crippen MR) is 114 cm³/mol. The van der Waals surface area contributed by atoms with Crippen LogP contribution in [0.3, 0.4) is 0 Å². The lowest BCUT2D eigenvalue weighted by Gasteiger charge is -2.16.